The predicted octanol–water partition coefficient (Wildman–Crippen LogP) is 2.80. The van der Waals surface area contributed by atoms with Crippen LogP contribution in [0, 0.1) is 5.92 Å². The highest BCUT2D eigenvalue weighted by molar-refractivity contribution is 5.94. The van der Waals surface area contributed by atoms with Crippen LogP contribution in [0.15, 0.2) is 48.7 Å². The zero-order valence-corrected chi connectivity index (χ0v) is 12.1. The molecule has 1 heterocycles. The van der Waals surface area contributed by atoms with Crippen LogP contribution < -0.4 is 15.8 Å². The molecule has 0 unspecified atom stereocenters. The van der Waals surface area contributed by atoms with Crippen molar-refractivity contribution in [2.45, 2.75) is 19.9 Å². The molecule has 0 spiro atoms. The molecule has 0 aliphatic heterocycles. The lowest BCUT2D eigenvalue weighted by Gasteiger charge is -2.15. The molecule has 1 aromatic carbocycles. The molecule has 2 rings (SSSR count). The van der Waals surface area contributed by atoms with Gasteiger partial charge >= 0.3 is 0 Å². The fourth-order valence-electron chi connectivity index (χ4n) is 1.65. The Labute approximate surface area is 124 Å². The van der Waals surface area contributed by atoms with Gasteiger partial charge in [0.25, 0.3) is 0 Å². The molecule has 0 aliphatic carbocycles. The molecule has 2 aromatic rings. The Morgan fingerprint density at radius 1 is 1.19 bits per heavy atom. The Kier molecular flexibility index (Phi) is 4.90. The van der Waals surface area contributed by atoms with Gasteiger partial charge in [0.15, 0.2) is 0 Å². The molecular formula is C16H19N3O2. The molecule has 21 heavy (non-hydrogen) atoms. The number of rotatable bonds is 5. The van der Waals surface area contributed by atoms with Crippen LogP contribution in [0.2, 0.25) is 0 Å². The topological polar surface area (TPSA) is 77.2 Å². The summed E-state index contributed by atoms with van der Waals surface area (Å²) in [6.07, 6.45) is 1.54. The van der Waals surface area contributed by atoms with Crippen molar-refractivity contribution in [3.05, 3.63) is 48.7 Å². The number of pyridine rings is 1. The first kappa shape index (κ1) is 15.0. The van der Waals surface area contributed by atoms with Crippen LogP contribution in [0.1, 0.15) is 13.8 Å². The molecule has 1 aromatic heterocycles. The number of carbonyl (C=O) groups excluding carboxylic acids is 1. The van der Waals surface area contributed by atoms with E-state index in [0.29, 0.717) is 17.3 Å². The molecule has 5 heteroatoms. The highest BCUT2D eigenvalue weighted by Crippen LogP contribution is 2.19. The molecule has 3 N–H and O–H groups in total. The minimum Gasteiger partial charge on any atom is -0.439 e. The molecule has 1 amide bonds. The minimum atomic E-state index is -0.537. The Bertz CT molecular complexity index is 582. The first-order valence-corrected chi connectivity index (χ1v) is 6.81. The number of amides is 1. The summed E-state index contributed by atoms with van der Waals surface area (Å²) in [4.78, 5) is 16.0. The lowest BCUT2D eigenvalue weighted by molar-refractivity contribution is -0.118. The van der Waals surface area contributed by atoms with E-state index in [0.717, 1.165) is 0 Å². The number of carbonyl (C=O) groups is 1. The van der Waals surface area contributed by atoms with Crippen molar-refractivity contribution >= 4 is 11.6 Å². The van der Waals surface area contributed by atoms with Gasteiger partial charge in [-0.2, -0.15) is 0 Å². The average molecular weight is 285 g/mol. The van der Waals surface area contributed by atoms with Crippen LogP contribution >= 0.6 is 0 Å². The van der Waals surface area contributed by atoms with E-state index < -0.39 is 6.04 Å². The van der Waals surface area contributed by atoms with Gasteiger partial charge in [0.05, 0.1) is 17.9 Å². The van der Waals surface area contributed by atoms with E-state index in [1.807, 2.05) is 44.2 Å². The number of anilines is 1. The van der Waals surface area contributed by atoms with E-state index in [4.69, 9.17) is 10.5 Å². The summed E-state index contributed by atoms with van der Waals surface area (Å²) in [5.74, 6) is 1.04. The summed E-state index contributed by atoms with van der Waals surface area (Å²) < 4.78 is 5.58. The second kappa shape index (κ2) is 6.85. The second-order valence-corrected chi connectivity index (χ2v) is 5.06. The summed E-state index contributed by atoms with van der Waals surface area (Å²) in [5.41, 5.74) is 6.38. The van der Waals surface area contributed by atoms with E-state index in [9.17, 15) is 4.79 Å². The van der Waals surface area contributed by atoms with Crippen LogP contribution in [-0.2, 0) is 4.79 Å². The number of ether oxygens (including phenoxy) is 1. The maximum Gasteiger partial charge on any atom is 0.241 e. The zero-order valence-electron chi connectivity index (χ0n) is 12.1. The van der Waals surface area contributed by atoms with E-state index in [-0.39, 0.29) is 11.8 Å². The molecule has 110 valence electrons. The molecular weight excluding hydrogens is 266 g/mol. The maximum absolute atomic E-state index is 11.8. The molecule has 1 atom stereocenters. The van der Waals surface area contributed by atoms with Crippen LogP contribution in [0.5, 0.6) is 11.6 Å². The third-order valence-electron chi connectivity index (χ3n) is 2.99. The first-order chi connectivity index (χ1) is 10.1. The van der Waals surface area contributed by atoms with Crippen molar-refractivity contribution in [1.29, 1.82) is 0 Å². The van der Waals surface area contributed by atoms with Crippen LogP contribution in [0.4, 0.5) is 5.69 Å². The lowest BCUT2D eigenvalue weighted by Crippen LogP contribution is -2.39. The molecule has 0 aliphatic rings. The largest absolute Gasteiger partial charge is 0.439 e. The third-order valence-corrected chi connectivity index (χ3v) is 2.99. The molecule has 0 saturated carbocycles. The molecule has 5 nitrogen and oxygen atoms in total. The normalized spacial score (nSPS) is 12.0. The highest BCUT2D eigenvalue weighted by Gasteiger charge is 2.17. The standard InChI is InChI=1S/C16H19N3O2/c1-11(2)15(17)16(20)19-12-8-9-14(18-10-12)21-13-6-4-3-5-7-13/h3-11,15H,17H2,1-2H3,(H,19,20)/t15-/m0/s1. The Hall–Kier alpha value is -2.40. The van der Waals surface area contributed by atoms with Gasteiger partial charge < -0.3 is 15.8 Å². The van der Waals surface area contributed by atoms with E-state index in [1.165, 1.54) is 0 Å². The number of hydrogen-bond acceptors (Lipinski definition) is 4. The van der Waals surface area contributed by atoms with Gasteiger partial charge in [-0.15, -0.1) is 0 Å². The monoisotopic (exact) mass is 285 g/mol. The van der Waals surface area contributed by atoms with Gasteiger partial charge in [-0.1, -0.05) is 32.0 Å². The number of aromatic nitrogens is 1. The van der Waals surface area contributed by atoms with Crippen molar-refractivity contribution in [2.24, 2.45) is 11.7 Å². The van der Waals surface area contributed by atoms with Crippen molar-refractivity contribution in [1.82, 2.24) is 4.98 Å². The molecule has 0 fully saturated rings. The van der Waals surface area contributed by atoms with E-state index in [1.54, 1.807) is 18.3 Å². The number of nitrogens with zero attached hydrogens (tertiary/aromatic N) is 1. The van der Waals surface area contributed by atoms with Gasteiger partial charge in [0.2, 0.25) is 11.8 Å². The maximum atomic E-state index is 11.8. The van der Waals surface area contributed by atoms with Crippen molar-refractivity contribution in [3.8, 4) is 11.6 Å². The van der Waals surface area contributed by atoms with Crippen LogP contribution in [0.3, 0.4) is 0 Å². The van der Waals surface area contributed by atoms with Gasteiger partial charge in [-0.3, -0.25) is 4.79 Å². The number of benzene rings is 1. The fourth-order valence-corrected chi connectivity index (χ4v) is 1.65. The summed E-state index contributed by atoms with van der Waals surface area (Å²) >= 11 is 0. The van der Waals surface area contributed by atoms with E-state index in [2.05, 4.69) is 10.3 Å². The van der Waals surface area contributed by atoms with Gasteiger partial charge in [-0.05, 0) is 24.1 Å². The summed E-state index contributed by atoms with van der Waals surface area (Å²) in [5, 5.41) is 2.73. The quantitative estimate of drug-likeness (QED) is 0.885. The Balaban J connectivity index is 1.98. The lowest BCUT2D eigenvalue weighted by atomic mass is 10.1. The number of hydrogen-bond donors (Lipinski definition) is 2. The zero-order chi connectivity index (χ0) is 15.2. The van der Waals surface area contributed by atoms with Crippen LogP contribution in [-0.4, -0.2) is 16.9 Å². The van der Waals surface area contributed by atoms with Crippen molar-refractivity contribution in [3.63, 3.8) is 0 Å². The van der Waals surface area contributed by atoms with Gasteiger partial charge in [0.1, 0.15) is 5.75 Å². The predicted molar refractivity (Wildman–Crippen MR) is 82.2 cm³/mol. The van der Waals surface area contributed by atoms with E-state index >= 15 is 0 Å². The third kappa shape index (κ3) is 4.29. The number of nitrogens with one attached hydrogen (secondary N) is 1. The van der Waals surface area contributed by atoms with Gasteiger partial charge in [-0.25, -0.2) is 4.98 Å². The minimum absolute atomic E-state index is 0.0821. The Morgan fingerprint density at radius 2 is 1.90 bits per heavy atom. The second-order valence-electron chi connectivity index (χ2n) is 5.06. The number of nitrogens with two attached hydrogens (primary N) is 1. The van der Waals surface area contributed by atoms with Gasteiger partial charge in [0, 0.05) is 6.07 Å². The fraction of sp³-hybridized carbons (Fsp3) is 0.250. The van der Waals surface area contributed by atoms with Crippen molar-refractivity contribution < 1.29 is 9.53 Å². The van der Waals surface area contributed by atoms with Crippen LogP contribution in [0.25, 0.3) is 0 Å². The first-order valence-electron chi connectivity index (χ1n) is 6.81. The Morgan fingerprint density at radius 3 is 2.48 bits per heavy atom. The number of para-hydroxylation sites is 1. The SMILES string of the molecule is CC(C)[C@H](N)C(=O)Nc1ccc(Oc2ccccc2)nc1. The summed E-state index contributed by atoms with van der Waals surface area (Å²) in [6.45, 7) is 3.80. The smallest absolute Gasteiger partial charge is 0.241 e. The highest BCUT2D eigenvalue weighted by atomic mass is 16.5. The average Bonchev–Trinajstić information content (AvgIpc) is 2.49. The van der Waals surface area contributed by atoms with Crippen molar-refractivity contribution in [2.75, 3.05) is 5.32 Å². The molecule has 0 saturated heterocycles. The summed E-state index contributed by atoms with van der Waals surface area (Å²) in [6, 6.07) is 12.3. The summed E-state index contributed by atoms with van der Waals surface area (Å²) in [7, 11) is 0. The molecule has 0 bridgehead atoms. The molecule has 0 radical (unpaired) electrons.